The first-order valence-corrected chi connectivity index (χ1v) is 15.0. The molecule has 0 N–H and O–H groups in total. The Labute approximate surface area is 197 Å². The monoisotopic (exact) mass is 457 g/mol. The Morgan fingerprint density at radius 2 is 1.58 bits per heavy atom. The van der Waals surface area contributed by atoms with Crippen molar-refractivity contribution in [1.29, 1.82) is 0 Å². The molecule has 2 aromatic carbocycles. The number of rotatable bonds is 10. The van der Waals surface area contributed by atoms with Gasteiger partial charge in [0.2, 0.25) is 0 Å². The third-order valence-corrected chi connectivity index (χ3v) is 7.05. The van der Waals surface area contributed by atoms with E-state index < -0.39 is 8.07 Å². The van der Waals surface area contributed by atoms with Gasteiger partial charge in [0.05, 0.1) is 0 Å². The summed E-state index contributed by atoms with van der Waals surface area (Å²) in [6.45, 7) is 8.83. The second kappa shape index (κ2) is 10.6. The molecular formula is C27H31N3O2Si. The van der Waals surface area contributed by atoms with Gasteiger partial charge in [0.15, 0.2) is 0 Å². The van der Waals surface area contributed by atoms with Gasteiger partial charge in [-0.25, -0.2) is 4.68 Å². The van der Waals surface area contributed by atoms with E-state index in [-0.39, 0.29) is 0 Å². The highest BCUT2D eigenvalue weighted by atomic mass is 28.3. The number of hydrogen-bond acceptors (Lipinski definition) is 4. The lowest BCUT2D eigenvalue weighted by Gasteiger charge is -2.15. The largest absolute Gasteiger partial charge is 0.489 e. The van der Waals surface area contributed by atoms with Crippen molar-refractivity contribution < 1.29 is 9.47 Å². The van der Waals surface area contributed by atoms with Crippen LogP contribution in [0.25, 0.3) is 22.4 Å². The van der Waals surface area contributed by atoms with Crippen LogP contribution in [0, 0.1) is 0 Å². The number of hydrogen-bond donors (Lipinski definition) is 0. The number of ether oxygens (including phenoxy) is 2. The Morgan fingerprint density at radius 1 is 0.848 bits per heavy atom. The summed E-state index contributed by atoms with van der Waals surface area (Å²) in [6.07, 6.45) is 5.67. The third-order valence-electron chi connectivity index (χ3n) is 5.35. The highest BCUT2D eigenvalue weighted by Gasteiger charge is 2.15. The molecule has 0 aliphatic carbocycles. The standard InChI is InChI=1S/C27H31N3O2Si/c1-33(2,3)18-17-31-21-30-19-26(23-13-15-28-16-14-23)27(29-30)24-9-11-25(12-10-24)32-20-22-7-5-4-6-8-22/h4-16,19H,17-18,20-21H2,1-3H3. The second-order valence-electron chi connectivity index (χ2n) is 9.31. The minimum Gasteiger partial charge on any atom is -0.489 e. The third kappa shape index (κ3) is 6.63. The molecule has 5 nitrogen and oxygen atoms in total. The molecule has 2 aromatic heterocycles. The van der Waals surface area contributed by atoms with Crippen molar-refractivity contribution in [1.82, 2.24) is 14.8 Å². The SMILES string of the molecule is C[Si](C)(C)CCOCn1cc(-c2ccncc2)c(-c2ccc(OCc3ccccc3)cc2)n1. The fourth-order valence-corrected chi connectivity index (χ4v) is 4.19. The molecule has 170 valence electrons. The topological polar surface area (TPSA) is 49.2 Å². The van der Waals surface area contributed by atoms with Gasteiger partial charge in [-0.2, -0.15) is 5.10 Å². The van der Waals surface area contributed by atoms with Crippen LogP contribution < -0.4 is 4.74 Å². The van der Waals surface area contributed by atoms with Crippen LogP contribution in [-0.2, 0) is 18.1 Å². The van der Waals surface area contributed by atoms with E-state index in [0.29, 0.717) is 13.3 Å². The Morgan fingerprint density at radius 3 is 2.27 bits per heavy atom. The molecule has 0 radical (unpaired) electrons. The molecule has 6 heteroatoms. The van der Waals surface area contributed by atoms with Crippen molar-refractivity contribution in [2.75, 3.05) is 6.61 Å². The molecule has 0 unspecified atom stereocenters. The smallest absolute Gasteiger partial charge is 0.139 e. The Balaban J connectivity index is 1.50. The minimum absolute atomic E-state index is 0.445. The molecule has 0 saturated heterocycles. The van der Waals surface area contributed by atoms with E-state index in [1.807, 2.05) is 47.1 Å². The van der Waals surface area contributed by atoms with Gasteiger partial charge in [-0.15, -0.1) is 0 Å². The molecule has 0 aliphatic rings. The molecule has 0 aliphatic heterocycles. The predicted octanol–water partition coefficient (Wildman–Crippen LogP) is 6.50. The van der Waals surface area contributed by atoms with Gasteiger partial charge in [0.25, 0.3) is 0 Å². The summed E-state index contributed by atoms with van der Waals surface area (Å²) < 4.78 is 13.8. The quantitative estimate of drug-likeness (QED) is 0.201. The molecule has 4 aromatic rings. The first kappa shape index (κ1) is 23.0. The van der Waals surface area contributed by atoms with Crippen LogP contribution >= 0.6 is 0 Å². The van der Waals surface area contributed by atoms with Gasteiger partial charge in [0.1, 0.15) is 24.8 Å². The van der Waals surface area contributed by atoms with E-state index in [1.165, 1.54) is 0 Å². The summed E-state index contributed by atoms with van der Waals surface area (Å²) in [4.78, 5) is 4.16. The van der Waals surface area contributed by atoms with E-state index in [0.717, 1.165) is 46.3 Å². The molecule has 0 spiro atoms. The number of aromatic nitrogens is 3. The van der Waals surface area contributed by atoms with Crippen LogP contribution in [0.2, 0.25) is 25.7 Å². The van der Waals surface area contributed by atoms with Crippen LogP contribution in [0.4, 0.5) is 0 Å². The Kier molecular flexibility index (Phi) is 7.37. The zero-order chi connectivity index (χ0) is 23.1. The fraction of sp³-hybridized carbons (Fsp3) is 0.259. The van der Waals surface area contributed by atoms with E-state index in [2.05, 4.69) is 55.1 Å². The summed E-state index contributed by atoms with van der Waals surface area (Å²) in [7, 11) is -1.11. The van der Waals surface area contributed by atoms with Gasteiger partial charge in [-0.3, -0.25) is 4.98 Å². The molecule has 0 fully saturated rings. The maximum Gasteiger partial charge on any atom is 0.139 e. The first-order valence-electron chi connectivity index (χ1n) is 11.3. The van der Waals surface area contributed by atoms with Crippen LogP contribution in [0.1, 0.15) is 5.56 Å². The summed E-state index contributed by atoms with van der Waals surface area (Å²) in [5.41, 5.74) is 5.25. The zero-order valence-electron chi connectivity index (χ0n) is 19.6. The van der Waals surface area contributed by atoms with E-state index in [4.69, 9.17) is 14.6 Å². The van der Waals surface area contributed by atoms with Gasteiger partial charge in [0, 0.05) is 44.4 Å². The van der Waals surface area contributed by atoms with E-state index in [9.17, 15) is 0 Å². The van der Waals surface area contributed by atoms with E-state index >= 15 is 0 Å². The van der Waals surface area contributed by atoms with E-state index in [1.54, 1.807) is 12.4 Å². The molecule has 0 bridgehead atoms. The van der Waals surface area contributed by atoms with Crippen molar-refractivity contribution in [2.45, 2.75) is 39.0 Å². The molecule has 33 heavy (non-hydrogen) atoms. The minimum atomic E-state index is -1.11. The highest BCUT2D eigenvalue weighted by Crippen LogP contribution is 2.32. The van der Waals surface area contributed by atoms with Crippen molar-refractivity contribution >= 4 is 8.07 Å². The normalized spacial score (nSPS) is 11.5. The van der Waals surface area contributed by atoms with Crippen LogP contribution in [0.15, 0.2) is 85.3 Å². The van der Waals surface area contributed by atoms with Crippen molar-refractivity contribution in [3.63, 3.8) is 0 Å². The maximum absolute atomic E-state index is 5.95. The maximum atomic E-state index is 5.95. The molecule has 2 heterocycles. The lowest BCUT2D eigenvalue weighted by molar-refractivity contribution is 0.0788. The number of benzene rings is 2. The van der Waals surface area contributed by atoms with Crippen molar-refractivity contribution in [3.05, 3.63) is 90.9 Å². The lowest BCUT2D eigenvalue weighted by Crippen LogP contribution is -2.22. The molecule has 0 saturated carbocycles. The number of nitrogens with zero attached hydrogens (tertiary/aromatic N) is 3. The fourth-order valence-electron chi connectivity index (χ4n) is 3.43. The summed E-state index contributed by atoms with van der Waals surface area (Å²) in [6, 6.07) is 23.5. The second-order valence-corrected chi connectivity index (χ2v) is 14.9. The molecular weight excluding hydrogens is 426 g/mol. The lowest BCUT2D eigenvalue weighted by atomic mass is 10.0. The Hall–Kier alpha value is -3.22. The summed E-state index contributed by atoms with van der Waals surface area (Å²) >= 11 is 0. The van der Waals surface area contributed by atoms with Crippen molar-refractivity contribution in [3.8, 4) is 28.1 Å². The van der Waals surface area contributed by atoms with Crippen LogP contribution in [0.3, 0.4) is 0 Å². The van der Waals surface area contributed by atoms with Crippen LogP contribution in [-0.4, -0.2) is 29.4 Å². The first-order chi connectivity index (χ1) is 16.0. The summed E-state index contributed by atoms with van der Waals surface area (Å²) in [5.74, 6) is 0.835. The number of pyridine rings is 1. The molecule has 0 amide bonds. The molecule has 0 atom stereocenters. The van der Waals surface area contributed by atoms with Crippen molar-refractivity contribution in [2.24, 2.45) is 0 Å². The van der Waals surface area contributed by atoms with Crippen LogP contribution in [0.5, 0.6) is 5.75 Å². The zero-order valence-corrected chi connectivity index (χ0v) is 20.6. The van der Waals surface area contributed by atoms with Gasteiger partial charge in [-0.05, 0) is 53.6 Å². The predicted molar refractivity (Wildman–Crippen MR) is 136 cm³/mol. The summed E-state index contributed by atoms with van der Waals surface area (Å²) in [5, 5.41) is 4.86. The highest BCUT2D eigenvalue weighted by molar-refractivity contribution is 6.76. The van der Waals surface area contributed by atoms with Gasteiger partial charge in [-0.1, -0.05) is 50.0 Å². The molecule has 4 rings (SSSR count). The Bertz CT molecular complexity index is 1140. The average molecular weight is 458 g/mol. The van der Waals surface area contributed by atoms with Gasteiger partial charge < -0.3 is 9.47 Å². The van der Waals surface area contributed by atoms with Gasteiger partial charge >= 0.3 is 0 Å². The average Bonchev–Trinajstić information content (AvgIpc) is 3.26.